The Balaban J connectivity index is 3.70. The SMILES string of the molecule is CCCCOC(=O)CC(O)COS(C)(=O)=O. The van der Waals surface area contributed by atoms with Crippen LogP contribution < -0.4 is 0 Å². The molecule has 0 radical (unpaired) electrons. The molecular formula is C9H18O6S. The van der Waals surface area contributed by atoms with Crippen molar-refractivity contribution >= 4 is 16.1 Å². The minimum atomic E-state index is -3.59. The van der Waals surface area contributed by atoms with Gasteiger partial charge in [-0.05, 0) is 6.42 Å². The summed E-state index contributed by atoms with van der Waals surface area (Å²) in [5.74, 6) is -0.557. The molecule has 16 heavy (non-hydrogen) atoms. The zero-order valence-corrected chi connectivity index (χ0v) is 10.3. The van der Waals surface area contributed by atoms with E-state index in [1.165, 1.54) is 0 Å². The summed E-state index contributed by atoms with van der Waals surface area (Å²) in [7, 11) is -3.59. The first-order chi connectivity index (χ1) is 7.35. The Morgan fingerprint density at radius 2 is 2.06 bits per heavy atom. The van der Waals surface area contributed by atoms with Crippen LogP contribution in [-0.4, -0.2) is 45.1 Å². The fourth-order valence-corrected chi connectivity index (χ4v) is 1.25. The zero-order chi connectivity index (χ0) is 12.6. The van der Waals surface area contributed by atoms with E-state index in [4.69, 9.17) is 4.74 Å². The van der Waals surface area contributed by atoms with Gasteiger partial charge in [-0.2, -0.15) is 8.42 Å². The number of carbonyl (C=O) groups excluding carboxylic acids is 1. The van der Waals surface area contributed by atoms with Gasteiger partial charge < -0.3 is 9.84 Å². The first-order valence-corrected chi connectivity index (χ1v) is 6.85. The van der Waals surface area contributed by atoms with Gasteiger partial charge in [0.25, 0.3) is 10.1 Å². The third-order valence-electron chi connectivity index (χ3n) is 1.64. The lowest BCUT2D eigenvalue weighted by atomic mass is 10.3. The Morgan fingerprint density at radius 3 is 2.56 bits per heavy atom. The van der Waals surface area contributed by atoms with Crippen molar-refractivity contribution in [3.05, 3.63) is 0 Å². The largest absolute Gasteiger partial charge is 0.466 e. The Bertz CT molecular complexity index is 297. The number of aliphatic hydroxyl groups is 1. The molecule has 1 N–H and O–H groups in total. The molecule has 0 aromatic heterocycles. The van der Waals surface area contributed by atoms with E-state index in [-0.39, 0.29) is 6.42 Å². The van der Waals surface area contributed by atoms with Gasteiger partial charge in [0.05, 0.1) is 32.0 Å². The number of hydrogen-bond donors (Lipinski definition) is 1. The molecule has 6 nitrogen and oxygen atoms in total. The molecule has 0 rings (SSSR count). The second-order valence-corrected chi connectivity index (χ2v) is 5.06. The van der Waals surface area contributed by atoms with E-state index < -0.39 is 28.8 Å². The van der Waals surface area contributed by atoms with E-state index in [1.807, 2.05) is 6.92 Å². The van der Waals surface area contributed by atoms with Gasteiger partial charge in [0, 0.05) is 0 Å². The van der Waals surface area contributed by atoms with Gasteiger partial charge in [0.15, 0.2) is 0 Å². The molecule has 0 aromatic carbocycles. The van der Waals surface area contributed by atoms with Crippen molar-refractivity contribution in [2.45, 2.75) is 32.3 Å². The molecular weight excluding hydrogens is 236 g/mol. The minimum Gasteiger partial charge on any atom is -0.466 e. The van der Waals surface area contributed by atoms with Crippen LogP contribution in [0.15, 0.2) is 0 Å². The number of rotatable bonds is 8. The molecule has 0 amide bonds. The highest BCUT2D eigenvalue weighted by atomic mass is 32.2. The quantitative estimate of drug-likeness (QED) is 0.374. The summed E-state index contributed by atoms with van der Waals surface area (Å²) in [4.78, 5) is 11.1. The molecule has 0 aliphatic heterocycles. The summed E-state index contributed by atoms with van der Waals surface area (Å²) in [5, 5.41) is 9.25. The summed E-state index contributed by atoms with van der Waals surface area (Å²) >= 11 is 0. The highest BCUT2D eigenvalue weighted by Gasteiger charge is 2.14. The van der Waals surface area contributed by atoms with Gasteiger partial charge in [0.2, 0.25) is 0 Å². The Kier molecular flexibility index (Phi) is 7.27. The van der Waals surface area contributed by atoms with Crippen molar-refractivity contribution in [3.63, 3.8) is 0 Å². The average Bonchev–Trinajstić information content (AvgIpc) is 2.14. The second kappa shape index (κ2) is 7.59. The van der Waals surface area contributed by atoms with Crippen LogP contribution in [0.4, 0.5) is 0 Å². The summed E-state index contributed by atoms with van der Waals surface area (Å²) in [5.41, 5.74) is 0. The molecule has 0 heterocycles. The maximum absolute atomic E-state index is 11.1. The van der Waals surface area contributed by atoms with E-state index in [0.717, 1.165) is 19.1 Å². The Hall–Kier alpha value is -0.660. The molecule has 0 saturated heterocycles. The maximum atomic E-state index is 11.1. The standard InChI is InChI=1S/C9H18O6S/c1-3-4-5-14-9(11)6-8(10)7-15-16(2,12)13/h8,10H,3-7H2,1-2H3. The lowest BCUT2D eigenvalue weighted by Gasteiger charge is -2.09. The van der Waals surface area contributed by atoms with E-state index in [1.54, 1.807) is 0 Å². The third kappa shape index (κ3) is 9.88. The third-order valence-corrected chi connectivity index (χ3v) is 2.20. The van der Waals surface area contributed by atoms with Gasteiger partial charge >= 0.3 is 5.97 Å². The van der Waals surface area contributed by atoms with Gasteiger partial charge in [-0.3, -0.25) is 8.98 Å². The number of hydrogen-bond acceptors (Lipinski definition) is 6. The molecule has 7 heteroatoms. The molecule has 0 spiro atoms. The first-order valence-electron chi connectivity index (χ1n) is 5.03. The van der Waals surface area contributed by atoms with Gasteiger partial charge in [-0.25, -0.2) is 0 Å². The van der Waals surface area contributed by atoms with Crippen LogP contribution in [0.1, 0.15) is 26.2 Å². The van der Waals surface area contributed by atoms with Gasteiger partial charge in [0.1, 0.15) is 0 Å². The minimum absolute atomic E-state index is 0.265. The van der Waals surface area contributed by atoms with Crippen LogP contribution in [0.25, 0.3) is 0 Å². The molecule has 1 atom stereocenters. The maximum Gasteiger partial charge on any atom is 0.308 e. The Morgan fingerprint density at radius 1 is 1.44 bits per heavy atom. The van der Waals surface area contributed by atoms with E-state index in [0.29, 0.717) is 6.61 Å². The molecule has 0 aliphatic rings. The molecule has 0 aliphatic carbocycles. The molecule has 1 unspecified atom stereocenters. The summed E-state index contributed by atoms with van der Waals surface area (Å²) in [6, 6.07) is 0. The highest BCUT2D eigenvalue weighted by molar-refractivity contribution is 7.85. The van der Waals surface area contributed by atoms with Gasteiger partial charge in [-0.15, -0.1) is 0 Å². The summed E-state index contributed by atoms with van der Waals surface area (Å²) in [6.07, 6.45) is 1.12. The van der Waals surface area contributed by atoms with E-state index >= 15 is 0 Å². The normalized spacial score (nSPS) is 13.4. The molecule has 0 saturated carbocycles. The van der Waals surface area contributed by atoms with Crippen molar-refractivity contribution in [1.29, 1.82) is 0 Å². The number of carbonyl (C=O) groups is 1. The van der Waals surface area contributed by atoms with E-state index in [9.17, 15) is 18.3 Å². The zero-order valence-electron chi connectivity index (χ0n) is 9.51. The molecule has 0 aromatic rings. The second-order valence-electron chi connectivity index (χ2n) is 3.42. The van der Waals surface area contributed by atoms with Crippen LogP contribution in [-0.2, 0) is 23.8 Å². The molecule has 0 fully saturated rings. The summed E-state index contributed by atoms with van der Waals surface area (Å²) < 4.78 is 30.3. The number of aliphatic hydroxyl groups excluding tert-OH is 1. The number of unbranched alkanes of at least 4 members (excludes halogenated alkanes) is 1. The van der Waals surface area contributed by atoms with Gasteiger partial charge in [-0.1, -0.05) is 13.3 Å². The van der Waals surface area contributed by atoms with Crippen LogP contribution >= 0.6 is 0 Å². The summed E-state index contributed by atoms with van der Waals surface area (Å²) in [6.45, 7) is 1.85. The van der Waals surface area contributed by atoms with Crippen LogP contribution in [0.2, 0.25) is 0 Å². The van der Waals surface area contributed by atoms with Crippen LogP contribution in [0.5, 0.6) is 0 Å². The topological polar surface area (TPSA) is 89.9 Å². The first kappa shape index (κ1) is 15.3. The smallest absolute Gasteiger partial charge is 0.308 e. The van der Waals surface area contributed by atoms with Crippen molar-refractivity contribution < 1.29 is 27.2 Å². The predicted octanol–water partition coefficient (Wildman–Crippen LogP) is 0.0569. The van der Waals surface area contributed by atoms with Crippen LogP contribution in [0, 0.1) is 0 Å². The fourth-order valence-electron chi connectivity index (χ4n) is 0.843. The van der Waals surface area contributed by atoms with E-state index in [2.05, 4.69) is 4.18 Å². The van der Waals surface area contributed by atoms with Crippen molar-refractivity contribution in [2.24, 2.45) is 0 Å². The number of esters is 1. The van der Waals surface area contributed by atoms with Crippen molar-refractivity contribution in [3.8, 4) is 0 Å². The lowest BCUT2D eigenvalue weighted by molar-refractivity contribution is -0.146. The molecule has 0 bridgehead atoms. The average molecular weight is 254 g/mol. The monoisotopic (exact) mass is 254 g/mol. The van der Waals surface area contributed by atoms with Crippen molar-refractivity contribution in [2.75, 3.05) is 19.5 Å². The molecule has 96 valence electrons. The van der Waals surface area contributed by atoms with Crippen molar-refractivity contribution in [1.82, 2.24) is 0 Å². The number of ether oxygens (including phenoxy) is 1. The predicted molar refractivity (Wildman–Crippen MR) is 57.3 cm³/mol. The lowest BCUT2D eigenvalue weighted by Crippen LogP contribution is -2.22. The van der Waals surface area contributed by atoms with Crippen LogP contribution in [0.3, 0.4) is 0 Å². The Labute approximate surface area is 95.7 Å². The highest BCUT2D eigenvalue weighted by Crippen LogP contribution is 1.99. The fraction of sp³-hybridized carbons (Fsp3) is 0.889.